The molecule has 0 bridgehead atoms. The van der Waals surface area contributed by atoms with Crippen LogP contribution in [0.25, 0.3) is 0 Å². The highest BCUT2D eigenvalue weighted by Gasteiger charge is 2.27. The van der Waals surface area contributed by atoms with Crippen LogP contribution in [0.1, 0.15) is 34.8 Å². The molecular weight excluding hydrogens is 425 g/mol. The summed E-state index contributed by atoms with van der Waals surface area (Å²) in [6.07, 6.45) is -4.24. The molecule has 1 unspecified atom stereocenters. The molecule has 174 valence electrons. The Kier molecular flexibility index (Phi) is 9.52. The third-order valence-electron chi connectivity index (χ3n) is 4.67. The summed E-state index contributed by atoms with van der Waals surface area (Å²) in [7, 11) is 0. The Morgan fingerprint density at radius 1 is 1.03 bits per heavy atom. The van der Waals surface area contributed by atoms with Gasteiger partial charge in [-0.15, -0.1) is 0 Å². The first-order valence-corrected chi connectivity index (χ1v) is 10.3. The van der Waals surface area contributed by atoms with Crippen molar-refractivity contribution in [3.63, 3.8) is 0 Å². The number of halogens is 3. The van der Waals surface area contributed by atoms with E-state index in [1.165, 1.54) is 24.3 Å². The monoisotopic (exact) mass is 452 g/mol. The molecule has 6 nitrogen and oxygen atoms in total. The molecule has 0 saturated heterocycles. The van der Waals surface area contributed by atoms with Crippen LogP contribution in [0.2, 0.25) is 0 Å². The Hall–Kier alpha value is -3.07. The quantitative estimate of drug-likeness (QED) is 0.489. The first-order valence-electron chi connectivity index (χ1n) is 10.3. The molecule has 2 aromatic carbocycles. The molecule has 0 fully saturated rings. The Balaban J connectivity index is 2.03. The number of rotatable bonds is 11. The van der Waals surface area contributed by atoms with Gasteiger partial charge in [-0.25, -0.2) is 0 Å². The number of hydrogen-bond donors (Lipinski definition) is 3. The highest BCUT2D eigenvalue weighted by atomic mass is 19.4. The molecule has 32 heavy (non-hydrogen) atoms. The van der Waals surface area contributed by atoms with Gasteiger partial charge in [0.1, 0.15) is 11.8 Å². The van der Waals surface area contributed by atoms with Crippen LogP contribution in [0.3, 0.4) is 0 Å². The largest absolute Gasteiger partial charge is 0.493 e. The summed E-state index contributed by atoms with van der Waals surface area (Å²) in [6, 6.07) is 12.5. The number of aryl methyl sites for hydroxylation is 1. The molecule has 2 rings (SSSR count). The van der Waals surface area contributed by atoms with Crippen molar-refractivity contribution >= 4 is 11.8 Å². The van der Waals surface area contributed by atoms with Gasteiger partial charge < -0.3 is 20.5 Å². The molecule has 0 aliphatic carbocycles. The Labute approximate surface area is 184 Å². The van der Waals surface area contributed by atoms with Gasteiger partial charge in [0, 0.05) is 18.5 Å². The maximum absolute atomic E-state index is 12.7. The third kappa shape index (κ3) is 8.58. The average molecular weight is 452 g/mol. The zero-order chi connectivity index (χ0) is 23.6. The number of nitrogens with one attached hydrogen (secondary N) is 2. The smallest absolute Gasteiger partial charge is 0.392 e. The minimum Gasteiger partial charge on any atom is -0.493 e. The fourth-order valence-corrected chi connectivity index (χ4v) is 2.89. The predicted octanol–water partition coefficient (Wildman–Crippen LogP) is 3.03. The zero-order valence-corrected chi connectivity index (χ0v) is 17.7. The second-order valence-corrected chi connectivity index (χ2v) is 7.15. The average Bonchev–Trinajstić information content (AvgIpc) is 2.77. The summed E-state index contributed by atoms with van der Waals surface area (Å²) in [5.74, 6) is -0.737. The third-order valence-corrected chi connectivity index (χ3v) is 4.67. The number of carbonyl (C=O) groups excluding carboxylic acids is 2. The van der Waals surface area contributed by atoms with E-state index < -0.39 is 37.1 Å². The molecule has 2 amide bonds. The lowest BCUT2D eigenvalue weighted by atomic mass is 10.0. The summed E-state index contributed by atoms with van der Waals surface area (Å²) in [5, 5.41) is 14.2. The number of aliphatic hydroxyl groups is 1. The maximum Gasteiger partial charge on any atom is 0.392 e. The van der Waals surface area contributed by atoms with Crippen LogP contribution in [0.15, 0.2) is 48.5 Å². The number of aliphatic hydroxyl groups excluding tert-OH is 1. The van der Waals surface area contributed by atoms with Gasteiger partial charge in [0.25, 0.3) is 5.91 Å². The SMILES string of the molecule is CCc1ccc(CC(NC(=O)c2ccc(OCCC(F)(F)F)cc2)C(=O)NCCO)cc1. The van der Waals surface area contributed by atoms with Crippen molar-refractivity contribution in [2.75, 3.05) is 19.8 Å². The van der Waals surface area contributed by atoms with Crippen molar-refractivity contribution in [1.82, 2.24) is 10.6 Å². The van der Waals surface area contributed by atoms with Crippen LogP contribution in [0, 0.1) is 0 Å². The lowest BCUT2D eigenvalue weighted by molar-refractivity contribution is -0.139. The highest BCUT2D eigenvalue weighted by Crippen LogP contribution is 2.20. The fraction of sp³-hybridized carbons (Fsp3) is 0.391. The van der Waals surface area contributed by atoms with E-state index in [4.69, 9.17) is 9.84 Å². The molecule has 3 N–H and O–H groups in total. The predicted molar refractivity (Wildman–Crippen MR) is 113 cm³/mol. The van der Waals surface area contributed by atoms with Crippen LogP contribution >= 0.6 is 0 Å². The first kappa shape index (κ1) is 25.2. The standard InChI is InChI=1S/C23H27F3N2O4/c1-2-16-3-5-17(6-4-16)15-20(22(31)27-12-13-29)28-21(30)18-7-9-19(10-8-18)32-14-11-23(24,25)26/h3-10,20,29H,2,11-15H2,1H3,(H,27,31)(H,28,30). The molecule has 0 aliphatic heterocycles. The number of amides is 2. The summed E-state index contributed by atoms with van der Waals surface area (Å²) < 4.78 is 41.7. The van der Waals surface area contributed by atoms with Crippen LogP contribution in [-0.4, -0.2) is 48.9 Å². The van der Waals surface area contributed by atoms with Gasteiger partial charge in [0.2, 0.25) is 5.91 Å². The van der Waals surface area contributed by atoms with E-state index in [1.54, 1.807) is 0 Å². The maximum atomic E-state index is 12.7. The van der Waals surface area contributed by atoms with E-state index in [2.05, 4.69) is 10.6 Å². The summed E-state index contributed by atoms with van der Waals surface area (Å²) in [6.45, 7) is 1.35. The highest BCUT2D eigenvalue weighted by molar-refractivity contribution is 5.97. The summed E-state index contributed by atoms with van der Waals surface area (Å²) >= 11 is 0. The zero-order valence-electron chi connectivity index (χ0n) is 17.7. The first-order chi connectivity index (χ1) is 15.2. The van der Waals surface area contributed by atoms with E-state index in [1.807, 2.05) is 31.2 Å². The number of hydrogen-bond acceptors (Lipinski definition) is 4. The Morgan fingerprint density at radius 2 is 1.66 bits per heavy atom. The molecule has 0 heterocycles. The van der Waals surface area contributed by atoms with E-state index in [0.29, 0.717) is 0 Å². The van der Waals surface area contributed by atoms with Crippen molar-refractivity contribution in [2.24, 2.45) is 0 Å². The number of alkyl halides is 3. The molecule has 0 aliphatic rings. The van der Waals surface area contributed by atoms with Crippen molar-refractivity contribution < 1.29 is 32.6 Å². The van der Waals surface area contributed by atoms with Crippen LogP contribution in [0.4, 0.5) is 13.2 Å². The lowest BCUT2D eigenvalue weighted by Crippen LogP contribution is -2.48. The molecule has 9 heteroatoms. The summed E-state index contributed by atoms with van der Waals surface area (Å²) in [5.41, 5.74) is 2.24. The number of ether oxygens (including phenoxy) is 1. The van der Waals surface area contributed by atoms with Crippen LogP contribution in [-0.2, 0) is 17.6 Å². The second kappa shape index (κ2) is 12.1. The van der Waals surface area contributed by atoms with Gasteiger partial charge in [-0.2, -0.15) is 13.2 Å². The van der Waals surface area contributed by atoms with Gasteiger partial charge in [-0.05, 0) is 41.8 Å². The Morgan fingerprint density at radius 3 is 2.22 bits per heavy atom. The normalized spacial score (nSPS) is 12.2. The van der Waals surface area contributed by atoms with Crippen molar-refractivity contribution in [1.29, 1.82) is 0 Å². The molecular formula is C23H27F3N2O4. The minimum absolute atomic E-state index is 0.0595. The molecule has 0 radical (unpaired) electrons. The molecule has 0 saturated carbocycles. The molecule has 0 spiro atoms. The van der Waals surface area contributed by atoms with Crippen molar-refractivity contribution in [3.05, 3.63) is 65.2 Å². The number of benzene rings is 2. The van der Waals surface area contributed by atoms with Crippen molar-refractivity contribution in [3.8, 4) is 5.75 Å². The summed E-state index contributed by atoms with van der Waals surface area (Å²) in [4.78, 5) is 25.2. The van der Waals surface area contributed by atoms with Crippen LogP contribution < -0.4 is 15.4 Å². The van der Waals surface area contributed by atoms with E-state index in [9.17, 15) is 22.8 Å². The van der Waals surface area contributed by atoms with Gasteiger partial charge in [0.15, 0.2) is 0 Å². The molecule has 0 aromatic heterocycles. The van der Waals surface area contributed by atoms with Gasteiger partial charge in [-0.3, -0.25) is 9.59 Å². The lowest BCUT2D eigenvalue weighted by Gasteiger charge is -2.19. The number of carbonyl (C=O) groups is 2. The fourth-order valence-electron chi connectivity index (χ4n) is 2.89. The topological polar surface area (TPSA) is 87.7 Å². The molecule has 2 aromatic rings. The van der Waals surface area contributed by atoms with Crippen molar-refractivity contribution in [2.45, 2.75) is 38.4 Å². The van der Waals surface area contributed by atoms with Gasteiger partial charge >= 0.3 is 6.18 Å². The minimum atomic E-state index is -4.30. The van der Waals surface area contributed by atoms with Crippen LogP contribution in [0.5, 0.6) is 5.75 Å². The molecule has 1 atom stereocenters. The van der Waals surface area contributed by atoms with E-state index >= 15 is 0 Å². The van der Waals surface area contributed by atoms with Gasteiger partial charge in [0.05, 0.1) is 19.6 Å². The second-order valence-electron chi connectivity index (χ2n) is 7.15. The van der Waals surface area contributed by atoms with Gasteiger partial charge in [-0.1, -0.05) is 31.2 Å². The van der Waals surface area contributed by atoms with E-state index in [0.717, 1.165) is 17.5 Å². The van der Waals surface area contributed by atoms with E-state index in [-0.39, 0.29) is 30.9 Å². The Bertz CT molecular complexity index is 868.